The highest BCUT2D eigenvalue weighted by atomic mass is 32.2. The number of benzene rings is 2. The van der Waals surface area contributed by atoms with Crippen molar-refractivity contribution in [2.24, 2.45) is 0 Å². The Hall–Kier alpha value is -3.65. The first-order valence-electron chi connectivity index (χ1n) is 10.2. The van der Waals surface area contributed by atoms with Crippen molar-refractivity contribution in [3.63, 3.8) is 0 Å². The monoisotopic (exact) mass is 464 g/mol. The van der Waals surface area contributed by atoms with Crippen LogP contribution in [0.4, 0.5) is 9.18 Å². The van der Waals surface area contributed by atoms with Crippen LogP contribution >= 0.6 is 11.8 Å². The fourth-order valence-corrected chi connectivity index (χ4v) is 4.60. The molecule has 0 unspecified atom stereocenters. The van der Waals surface area contributed by atoms with E-state index in [9.17, 15) is 18.8 Å². The zero-order valence-corrected chi connectivity index (χ0v) is 19.1. The second kappa shape index (κ2) is 9.07. The number of imide groups is 1. The molecule has 0 radical (unpaired) electrons. The molecule has 1 aromatic heterocycles. The smallest absolute Gasteiger partial charge is 0.337 e. The molecule has 33 heavy (non-hydrogen) atoms. The number of nitrogens with zero attached hydrogens (tertiary/aromatic N) is 2. The number of aromatic nitrogens is 1. The van der Waals surface area contributed by atoms with Crippen LogP contribution in [0.5, 0.6) is 0 Å². The van der Waals surface area contributed by atoms with E-state index in [0.29, 0.717) is 16.0 Å². The highest BCUT2D eigenvalue weighted by Gasteiger charge is 2.35. The molecule has 0 aliphatic carbocycles. The van der Waals surface area contributed by atoms with Crippen LogP contribution in [0.15, 0.2) is 59.5 Å². The van der Waals surface area contributed by atoms with Crippen molar-refractivity contribution in [2.75, 3.05) is 7.11 Å². The molecule has 2 aromatic carbocycles. The van der Waals surface area contributed by atoms with Gasteiger partial charge in [-0.3, -0.25) is 14.5 Å². The molecule has 0 spiro atoms. The van der Waals surface area contributed by atoms with Crippen molar-refractivity contribution in [3.8, 4) is 5.69 Å². The number of amides is 2. The van der Waals surface area contributed by atoms with Crippen molar-refractivity contribution in [1.82, 2.24) is 9.47 Å². The largest absolute Gasteiger partial charge is 0.465 e. The summed E-state index contributed by atoms with van der Waals surface area (Å²) in [6.07, 6.45) is 1.71. The Morgan fingerprint density at radius 2 is 1.82 bits per heavy atom. The fourth-order valence-electron chi connectivity index (χ4n) is 3.77. The zero-order valence-electron chi connectivity index (χ0n) is 18.3. The number of carbonyl (C=O) groups is 3. The summed E-state index contributed by atoms with van der Waals surface area (Å²) in [7, 11) is 1.34. The van der Waals surface area contributed by atoms with Crippen LogP contribution in [0.1, 0.15) is 32.9 Å². The van der Waals surface area contributed by atoms with Gasteiger partial charge in [0, 0.05) is 17.1 Å². The van der Waals surface area contributed by atoms with Gasteiger partial charge in [0.15, 0.2) is 0 Å². The molecule has 1 saturated heterocycles. The van der Waals surface area contributed by atoms with Crippen LogP contribution in [0.3, 0.4) is 0 Å². The molecule has 3 aromatic rings. The van der Waals surface area contributed by atoms with E-state index in [2.05, 4.69) is 0 Å². The quantitative estimate of drug-likeness (QED) is 0.381. The highest BCUT2D eigenvalue weighted by molar-refractivity contribution is 8.18. The number of methoxy groups -OCH3 is 1. The van der Waals surface area contributed by atoms with Crippen LogP contribution in [-0.2, 0) is 16.1 Å². The molecule has 0 N–H and O–H groups in total. The maximum Gasteiger partial charge on any atom is 0.337 e. The normalized spacial score (nSPS) is 14.9. The van der Waals surface area contributed by atoms with E-state index in [1.165, 1.54) is 19.2 Å². The van der Waals surface area contributed by atoms with E-state index in [1.807, 2.05) is 30.5 Å². The number of aryl methyl sites for hydroxylation is 1. The summed E-state index contributed by atoms with van der Waals surface area (Å²) in [6.45, 7) is 3.92. The van der Waals surface area contributed by atoms with E-state index in [-0.39, 0.29) is 23.5 Å². The molecule has 8 heteroatoms. The number of esters is 1. The predicted molar refractivity (Wildman–Crippen MR) is 124 cm³/mol. The van der Waals surface area contributed by atoms with Gasteiger partial charge in [-0.15, -0.1) is 0 Å². The standard InChI is InChI=1S/C25H21FN2O4S/c1-15-11-19(16(2)28(15)21-6-4-5-18(12-21)24(30)32-3)13-22-23(29)27(25(31)33-22)14-17-7-9-20(26)10-8-17/h4-13H,14H2,1-3H3. The zero-order chi connectivity index (χ0) is 23.7. The predicted octanol–water partition coefficient (Wildman–Crippen LogP) is 5.26. The molecule has 2 heterocycles. The lowest BCUT2D eigenvalue weighted by Gasteiger charge is -2.12. The molecule has 2 amide bonds. The van der Waals surface area contributed by atoms with Crippen LogP contribution < -0.4 is 0 Å². The number of hydrogen-bond acceptors (Lipinski definition) is 5. The average molecular weight is 465 g/mol. The molecular weight excluding hydrogens is 443 g/mol. The van der Waals surface area contributed by atoms with Gasteiger partial charge in [0.2, 0.25) is 0 Å². The van der Waals surface area contributed by atoms with E-state index in [1.54, 1.807) is 36.4 Å². The molecule has 1 aliphatic heterocycles. The molecule has 1 aliphatic rings. The lowest BCUT2D eigenvalue weighted by molar-refractivity contribution is -0.123. The van der Waals surface area contributed by atoms with Crippen molar-refractivity contribution in [2.45, 2.75) is 20.4 Å². The summed E-state index contributed by atoms with van der Waals surface area (Å²) < 4.78 is 19.9. The van der Waals surface area contributed by atoms with Crippen molar-refractivity contribution < 1.29 is 23.5 Å². The van der Waals surface area contributed by atoms with Gasteiger partial charge < -0.3 is 9.30 Å². The van der Waals surface area contributed by atoms with E-state index in [4.69, 9.17) is 4.74 Å². The van der Waals surface area contributed by atoms with Gasteiger partial charge in [-0.25, -0.2) is 9.18 Å². The third-order valence-corrected chi connectivity index (χ3v) is 6.32. The molecule has 168 valence electrons. The van der Waals surface area contributed by atoms with Crippen molar-refractivity contribution in [1.29, 1.82) is 0 Å². The summed E-state index contributed by atoms with van der Waals surface area (Å²) in [5.74, 6) is -1.18. The summed E-state index contributed by atoms with van der Waals surface area (Å²) in [6, 6.07) is 14.7. The fraction of sp³-hybridized carbons (Fsp3) is 0.160. The number of thioether (sulfide) groups is 1. The number of carbonyl (C=O) groups excluding carboxylic acids is 3. The minimum Gasteiger partial charge on any atom is -0.465 e. The van der Waals surface area contributed by atoms with Gasteiger partial charge in [-0.1, -0.05) is 18.2 Å². The van der Waals surface area contributed by atoms with Gasteiger partial charge in [-0.05, 0) is 79.2 Å². The van der Waals surface area contributed by atoms with Gasteiger partial charge in [0.05, 0.1) is 24.1 Å². The van der Waals surface area contributed by atoms with E-state index in [0.717, 1.165) is 39.3 Å². The number of halogens is 1. The van der Waals surface area contributed by atoms with E-state index >= 15 is 0 Å². The van der Waals surface area contributed by atoms with Crippen LogP contribution in [0, 0.1) is 19.7 Å². The third-order valence-electron chi connectivity index (χ3n) is 5.41. The first-order chi connectivity index (χ1) is 15.8. The lowest BCUT2D eigenvalue weighted by atomic mass is 10.2. The second-order valence-corrected chi connectivity index (χ2v) is 8.59. The van der Waals surface area contributed by atoms with Crippen LogP contribution in [0.2, 0.25) is 0 Å². The van der Waals surface area contributed by atoms with E-state index < -0.39 is 5.97 Å². The number of hydrogen-bond donors (Lipinski definition) is 0. The Labute approximate surface area is 194 Å². The molecule has 4 rings (SSSR count). The van der Waals surface area contributed by atoms with Crippen molar-refractivity contribution >= 4 is 35.0 Å². The Bertz CT molecular complexity index is 1290. The third kappa shape index (κ3) is 4.47. The Kier molecular flexibility index (Phi) is 6.20. The Balaban J connectivity index is 1.62. The van der Waals surface area contributed by atoms with Gasteiger partial charge >= 0.3 is 5.97 Å². The summed E-state index contributed by atoms with van der Waals surface area (Å²) in [5, 5.41) is -0.366. The molecular formula is C25H21FN2O4S. The number of ether oxygens (including phenoxy) is 1. The van der Waals surface area contributed by atoms with Crippen LogP contribution in [0.25, 0.3) is 11.8 Å². The molecule has 6 nitrogen and oxygen atoms in total. The molecule has 0 bridgehead atoms. The lowest BCUT2D eigenvalue weighted by Crippen LogP contribution is -2.27. The maximum absolute atomic E-state index is 13.1. The molecule has 0 saturated carbocycles. The number of rotatable bonds is 5. The summed E-state index contributed by atoms with van der Waals surface area (Å²) >= 11 is 0.882. The van der Waals surface area contributed by atoms with Gasteiger partial charge in [0.1, 0.15) is 5.82 Å². The Morgan fingerprint density at radius 3 is 2.52 bits per heavy atom. The first-order valence-corrected chi connectivity index (χ1v) is 11.0. The first kappa shape index (κ1) is 22.5. The average Bonchev–Trinajstić information content (AvgIpc) is 3.23. The van der Waals surface area contributed by atoms with Gasteiger partial charge in [-0.2, -0.15) is 0 Å². The minimum atomic E-state index is -0.422. The second-order valence-electron chi connectivity index (χ2n) is 7.60. The topological polar surface area (TPSA) is 68.6 Å². The SMILES string of the molecule is COC(=O)c1cccc(-n2c(C)cc(C=C3SC(=O)N(Cc4ccc(F)cc4)C3=O)c2C)c1. The maximum atomic E-state index is 13.1. The molecule has 0 atom stereocenters. The van der Waals surface area contributed by atoms with Crippen LogP contribution in [-0.4, -0.2) is 33.7 Å². The summed E-state index contributed by atoms with van der Waals surface area (Å²) in [4.78, 5) is 38.8. The Morgan fingerprint density at radius 1 is 1.09 bits per heavy atom. The minimum absolute atomic E-state index is 0.0849. The summed E-state index contributed by atoms with van der Waals surface area (Å²) in [5.41, 5.74) is 4.46. The van der Waals surface area contributed by atoms with Crippen molar-refractivity contribution in [3.05, 3.63) is 93.4 Å². The van der Waals surface area contributed by atoms with Gasteiger partial charge in [0.25, 0.3) is 11.1 Å². The molecule has 1 fully saturated rings. The highest BCUT2D eigenvalue weighted by Crippen LogP contribution is 2.34.